The van der Waals surface area contributed by atoms with Crippen LogP contribution in [0.1, 0.15) is 32.4 Å². The van der Waals surface area contributed by atoms with Crippen LogP contribution >= 0.6 is 11.8 Å². The summed E-state index contributed by atoms with van der Waals surface area (Å²) in [7, 11) is 0. The van der Waals surface area contributed by atoms with Crippen LogP contribution < -0.4 is 0 Å². The van der Waals surface area contributed by atoms with E-state index in [1.54, 1.807) is 16.7 Å². The van der Waals surface area contributed by atoms with Gasteiger partial charge in [-0.1, -0.05) is 12.1 Å². The standard InChI is InChI=1S/C15H21NO3S/c1-10(18)16-13(9-17)14(19-15(16,2)3)11-5-7-12(20-4)8-6-11/h5-8,13-14,17H,9H2,1-4H3. The molecule has 1 fully saturated rings. The summed E-state index contributed by atoms with van der Waals surface area (Å²) in [6, 6.07) is 7.71. The molecule has 1 heterocycles. The summed E-state index contributed by atoms with van der Waals surface area (Å²) < 4.78 is 6.02. The van der Waals surface area contributed by atoms with E-state index in [9.17, 15) is 9.90 Å². The van der Waals surface area contributed by atoms with E-state index in [-0.39, 0.29) is 24.7 Å². The van der Waals surface area contributed by atoms with Crippen LogP contribution in [0.4, 0.5) is 0 Å². The Balaban J connectivity index is 2.33. The smallest absolute Gasteiger partial charge is 0.222 e. The van der Waals surface area contributed by atoms with E-state index in [2.05, 4.69) is 0 Å². The van der Waals surface area contributed by atoms with E-state index in [0.717, 1.165) is 5.56 Å². The first-order valence-electron chi connectivity index (χ1n) is 6.63. The zero-order valence-corrected chi connectivity index (χ0v) is 13.1. The fraction of sp³-hybridized carbons (Fsp3) is 0.533. The Labute approximate surface area is 124 Å². The second kappa shape index (κ2) is 5.76. The molecule has 2 unspecified atom stereocenters. The number of carbonyl (C=O) groups is 1. The molecule has 1 aromatic carbocycles. The fourth-order valence-corrected chi connectivity index (χ4v) is 3.26. The highest BCUT2D eigenvalue weighted by Gasteiger charge is 2.48. The van der Waals surface area contributed by atoms with Gasteiger partial charge in [0.25, 0.3) is 0 Å². The molecule has 1 amide bonds. The van der Waals surface area contributed by atoms with Gasteiger partial charge in [0.1, 0.15) is 11.8 Å². The first kappa shape index (κ1) is 15.4. The van der Waals surface area contributed by atoms with Gasteiger partial charge in [0.05, 0.1) is 12.6 Å². The number of carbonyl (C=O) groups excluding carboxylic acids is 1. The number of rotatable bonds is 3. The molecule has 2 rings (SSSR count). The zero-order chi connectivity index (χ0) is 14.9. The van der Waals surface area contributed by atoms with Crippen LogP contribution in [0.15, 0.2) is 29.2 Å². The van der Waals surface area contributed by atoms with E-state index >= 15 is 0 Å². The third-order valence-electron chi connectivity index (χ3n) is 3.65. The van der Waals surface area contributed by atoms with Crippen molar-refractivity contribution >= 4 is 17.7 Å². The molecule has 20 heavy (non-hydrogen) atoms. The number of hydrogen-bond donors (Lipinski definition) is 1. The summed E-state index contributed by atoms with van der Waals surface area (Å²) in [5.74, 6) is -0.0858. The molecule has 0 bridgehead atoms. The molecule has 2 atom stereocenters. The lowest BCUT2D eigenvalue weighted by atomic mass is 10.0. The highest BCUT2D eigenvalue weighted by molar-refractivity contribution is 7.98. The Bertz CT molecular complexity index is 486. The van der Waals surface area contributed by atoms with Crippen molar-refractivity contribution in [3.63, 3.8) is 0 Å². The summed E-state index contributed by atoms with van der Waals surface area (Å²) in [6.45, 7) is 5.10. The lowest BCUT2D eigenvalue weighted by molar-refractivity contribution is -0.145. The molecule has 1 N–H and O–H groups in total. The van der Waals surface area contributed by atoms with Crippen molar-refractivity contribution < 1.29 is 14.6 Å². The number of hydrogen-bond acceptors (Lipinski definition) is 4. The minimum atomic E-state index is -0.706. The molecule has 1 aromatic rings. The number of benzene rings is 1. The van der Waals surface area contributed by atoms with Crippen LogP contribution in [-0.2, 0) is 9.53 Å². The van der Waals surface area contributed by atoms with E-state index < -0.39 is 5.72 Å². The zero-order valence-electron chi connectivity index (χ0n) is 12.3. The highest BCUT2D eigenvalue weighted by Crippen LogP contribution is 2.41. The van der Waals surface area contributed by atoms with Crippen molar-refractivity contribution in [1.29, 1.82) is 0 Å². The fourth-order valence-electron chi connectivity index (χ4n) is 2.85. The average Bonchev–Trinajstić information content (AvgIpc) is 2.69. The van der Waals surface area contributed by atoms with E-state index in [1.807, 2.05) is 44.4 Å². The van der Waals surface area contributed by atoms with Gasteiger partial charge in [-0.3, -0.25) is 4.79 Å². The Hall–Kier alpha value is -1.04. The van der Waals surface area contributed by atoms with Crippen LogP contribution in [0.25, 0.3) is 0 Å². The van der Waals surface area contributed by atoms with Crippen LogP contribution in [0, 0.1) is 0 Å². The summed E-state index contributed by atoms with van der Waals surface area (Å²) in [4.78, 5) is 14.6. The molecular weight excluding hydrogens is 274 g/mol. The average molecular weight is 295 g/mol. The van der Waals surface area contributed by atoms with Gasteiger partial charge in [-0.25, -0.2) is 0 Å². The lowest BCUT2D eigenvalue weighted by Crippen LogP contribution is -2.48. The van der Waals surface area contributed by atoms with Gasteiger partial charge in [0.2, 0.25) is 5.91 Å². The maximum absolute atomic E-state index is 11.8. The van der Waals surface area contributed by atoms with Crippen LogP contribution in [0.5, 0.6) is 0 Å². The monoisotopic (exact) mass is 295 g/mol. The molecule has 0 spiro atoms. The number of ether oxygens (including phenoxy) is 1. The molecule has 1 aliphatic heterocycles. The molecule has 4 nitrogen and oxygen atoms in total. The molecular formula is C15H21NO3S. The van der Waals surface area contributed by atoms with E-state index in [0.29, 0.717) is 0 Å². The molecule has 110 valence electrons. The third kappa shape index (κ3) is 2.71. The lowest BCUT2D eigenvalue weighted by Gasteiger charge is -2.31. The minimum Gasteiger partial charge on any atom is -0.394 e. The normalized spacial score (nSPS) is 24.9. The van der Waals surface area contributed by atoms with Crippen molar-refractivity contribution in [1.82, 2.24) is 4.90 Å². The number of aliphatic hydroxyl groups is 1. The van der Waals surface area contributed by atoms with Gasteiger partial charge in [0, 0.05) is 11.8 Å². The molecule has 1 saturated heterocycles. The van der Waals surface area contributed by atoms with Crippen molar-refractivity contribution in [3.8, 4) is 0 Å². The van der Waals surface area contributed by atoms with Crippen molar-refractivity contribution in [2.45, 2.75) is 43.5 Å². The van der Waals surface area contributed by atoms with Crippen LogP contribution in [0.3, 0.4) is 0 Å². The van der Waals surface area contributed by atoms with Crippen molar-refractivity contribution in [2.24, 2.45) is 0 Å². The van der Waals surface area contributed by atoms with E-state index in [1.165, 1.54) is 11.8 Å². The number of aliphatic hydroxyl groups excluding tert-OH is 1. The third-order valence-corrected chi connectivity index (χ3v) is 4.39. The summed E-state index contributed by atoms with van der Waals surface area (Å²) in [5.41, 5.74) is 0.279. The van der Waals surface area contributed by atoms with Gasteiger partial charge < -0.3 is 14.7 Å². The summed E-state index contributed by atoms with van der Waals surface area (Å²) in [5, 5.41) is 9.67. The molecule has 0 saturated carbocycles. The van der Waals surface area contributed by atoms with Crippen LogP contribution in [0.2, 0.25) is 0 Å². The van der Waals surface area contributed by atoms with Gasteiger partial charge in [-0.2, -0.15) is 0 Å². The summed E-state index contributed by atoms with van der Waals surface area (Å²) in [6.07, 6.45) is 1.73. The van der Waals surface area contributed by atoms with Crippen molar-refractivity contribution in [3.05, 3.63) is 29.8 Å². The maximum atomic E-state index is 11.8. The predicted molar refractivity (Wildman–Crippen MR) is 79.5 cm³/mol. The quantitative estimate of drug-likeness (QED) is 0.870. The Morgan fingerprint density at radius 3 is 2.45 bits per heavy atom. The topological polar surface area (TPSA) is 49.8 Å². The maximum Gasteiger partial charge on any atom is 0.222 e. The molecule has 0 radical (unpaired) electrons. The molecule has 0 aromatic heterocycles. The second-order valence-corrected chi connectivity index (χ2v) is 6.28. The van der Waals surface area contributed by atoms with Gasteiger partial charge >= 0.3 is 0 Å². The Kier molecular flexibility index (Phi) is 4.42. The highest BCUT2D eigenvalue weighted by atomic mass is 32.2. The van der Waals surface area contributed by atoms with Gasteiger partial charge in [-0.05, 0) is 37.8 Å². The molecule has 0 aliphatic carbocycles. The van der Waals surface area contributed by atoms with Gasteiger partial charge in [0.15, 0.2) is 0 Å². The number of amides is 1. The van der Waals surface area contributed by atoms with E-state index in [4.69, 9.17) is 4.74 Å². The Morgan fingerprint density at radius 1 is 1.40 bits per heavy atom. The Morgan fingerprint density at radius 2 is 2.00 bits per heavy atom. The van der Waals surface area contributed by atoms with Crippen LogP contribution in [-0.4, -0.2) is 40.5 Å². The van der Waals surface area contributed by atoms with Crippen molar-refractivity contribution in [2.75, 3.05) is 12.9 Å². The minimum absolute atomic E-state index is 0.0858. The second-order valence-electron chi connectivity index (χ2n) is 5.40. The first-order chi connectivity index (χ1) is 9.40. The van der Waals surface area contributed by atoms with Gasteiger partial charge in [-0.15, -0.1) is 11.8 Å². The first-order valence-corrected chi connectivity index (χ1v) is 7.85. The number of thioether (sulfide) groups is 1. The summed E-state index contributed by atoms with van der Waals surface area (Å²) >= 11 is 1.68. The molecule has 5 heteroatoms. The predicted octanol–water partition coefficient (Wildman–Crippen LogP) is 2.43. The largest absolute Gasteiger partial charge is 0.394 e. The molecule has 1 aliphatic rings. The number of nitrogens with zero attached hydrogens (tertiary/aromatic N) is 1. The SMILES string of the molecule is CSc1ccc(C2OC(C)(C)N(C(C)=O)C2CO)cc1.